The summed E-state index contributed by atoms with van der Waals surface area (Å²) in [5.41, 5.74) is 7.86. The molecule has 0 radical (unpaired) electrons. The largest absolute Gasteiger partial charge is 0.399 e. The van der Waals surface area contributed by atoms with Crippen molar-refractivity contribution in [2.75, 3.05) is 11.5 Å². The van der Waals surface area contributed by atoms with Gasteiger partial charge in [0, 0.05) is 10.9 Å². The Morgan fingerprint density at radius 1 is 1.29 bits per heavy atom. The molecule has 0 aliphatic carbocycles. The first-order chi connectivity index (χ1) is 6.74. The molecule has 0 saturated carbocycles. The Bertz CT molecular complexity index is 256. The molecule has 0 amide bonds. The summed E-state index contributed by atoms with van der Waals surface area (Å²) in [5.74, 6) is 1.25. The topological polar surface area (TPSA) is 26.0 Å². The van der Waals surface area contributed by atoms with E-state index in [0.717, 1.165) is 5.69 Å². The van der Waals surface area contributed by atoms with Crippen molar-refractivity contribution in [1.82, 2.24) is 0 Å². The van der Waals surface area contributed by atoms with Gasteiger partial charge in [0.15, 0.2) is 0 Å². The molecule has 0 bridgehead atoms. The summed E-state index contributed by atoms with van der Waals surface area (Å²) in [7, 11) is 0. The number of benzene rings is 1. The van der Waals surface area contributed by atoms with Crippen LogP contribution in [0.3, 0.4) is 0 Å². The van der Waals surface area contributed by atoms with Gasteiger partial charge in [0.1, 0.15) is 0 Å². The van der Waals surface area contributed by atoms with Crippen molar-refractivity contribution >= 4 is 17.4 Å². The van der Waals surface area contributed by atoms with Crippen LogP contribution in [-0.4, -0.2) is 5.75 Å². The van der Waals surface area contributed by atoms with E-state index in [9.17, 15) is 0 Å². The maximum atomic E-state index is 5.64. The molecule has 0 fully saturated rings. The summed E-state index contributed by atoms with van der Waals surface area (Å²) < 4.78 is 0. The van der Waals surface area contributed by atoms with E-state index in [0.29, 0.717) is 5.25 Å². The molecule has 0 saturated heterocycles. The van der Waals surface area contributed by atoms with E-state index < -0.39 is 0 Å². The van der Waals surface area contributed by atoms with Crippen LogP contribution >= 0.6 is 11.8 Å². The van der Waals surface area contributed by atoms with Gasteiger partial charge in [-0.15, -0.1) is 0 Å². The smallest absolute Gasteiger partial charge is 0.0314 e. The van der Waals surface area contributed by atoms with Gasteiger partial charge >= 0.3 is 0 Å². The van der Waals surface area contributed by atoms with Crippen LogP contribution in [0, 0.1) is 0 Å². The van der Waals surface area contributed by atoms with Crippen LogP contribution in [0.1, 0.15) is 37.5 Å². The Kier molecular flexibility index (Phi) is 4.88. The molecule has 1 atom stereocenters. The number of hydrogen-bond acceptors (Lipinski definition) is 2. The summed E-state index contributed by atoms with van der Waals surface area (Å²) >= 11 is 2.02. The number of unbranched alkanes of at least 4 members (excludes halogenated alkanes) is 1. The normalized spacial score (nSPS) is 12.7. The van der Waals surface area contributed by atoms with Crippen LogP contribution in [0.15, 0.2) is 24.3 Å². The second-order valence-electron chi connectivity index (χ2n) is 3.53. The minimum Gasteiger partial charge on any atom is -0.399 e. The van der Waals surface area contributed by atoms with Gasteiger partial charge in [-0.25, -0.2) is 0 Å². The van der Waals surface area contributed by atoms with Crippen molar-refractivity contribution in [1.29, 1.82) is 0 Å². The van der Waals surface area contributed by atoms with Gasteiger partial charge in [-0.3, -0.25) is 0 Å². The summed E-state index contributed by atoms with van der Waals surface area (Å²) in [5, 5.41) is 0.585. The lowest BCUT2D eigenvalue weighted by atomic mass is 10.1. The van der Waals surface area contributed by atoms with Crippen LogP contribution in [0.5, 0.6) is 0 Å². The van der Waals surface area contributed by atoms with Crippen LogP contribution in [0.25, 0.3) is 0 Å². The third-order valence-electron chi connectivity index (χ3n) is 2.27. The highest BCUT2D eigenvalue weighted by Crippen LogP contribution is 2.29. The molecule has 0 aliphatic heterocycles. The summed E-state index contributed by atoms with van der Waals surface area (Å²) in [4.78, 5) is 0. The van der Waals surface area contributed by atoms with Gasteiger partial charge in [0.05, 0.1) is 0 Å². The summed E-state index contributed by atoms with van der Waals surface area (Å²) in [6.07, 6.45) is 2.59. The second-order valence-corrected chi connectivity index (χ2v) is 4.98. The van der Waals surface area contributed by atoms with Gasteiger partial charge in [-0.05, 0) is 36.8 Å². The molecular formula is C12H19NS. The minimum absolute atomic E-state index is 0.585. The first-order valence-corrected chi connectivity index (χ1v) is 6.26. The average molecular weight is 209 g/mol. The summed E-state index contributed by atoms with van der Waals surface area (Å²) in [6, 6.07) is 8.20. The Hall–Kier alpha value is -0.630. The quantitative estimate of drug-likeness (QED) is 0.588. The van der Waals surface area contributed by atoms with Crippen molar-refractivity contribution in [2.45, 2.75) is 31.9 Å². The van der Waals surface area contributed by atoms with Crippen molar-refractivity contribution in [3.05, 3.63) is 29.8 Å². The molecule has 1 aromatic rings. The Morgan fingerprint density at radius 3 is 2.50 bits per heavy atom. The van der Waals surface area contributed by atoms with Gasteiger partial charge in [0.2, 0.25) is 0 Å². The molecule has 1 nitrogen and oxygen atoms in total. The highest BCUT2D eigenvalue weighted by Gasteiger charge is 2.04. The first-order valence-electron chi connectivity index (χ1n) is 5.21. The monoisotopic (exact) mass is 209 g/mol. The molecule has 2 heteroatoms. The summed E-state index contributed by atoms with van der Waals surface area (Å²) in [6.45, 7) is 4.49. The number of nitrogen functional groups attached to an aromatic ring is 1. The Morgan fingerprint density at radius 2 is 1.93 bits per heavy atom. The molecule has 2 N–H and O–H groups in total. The predicted octanol–water partition coefficient (Wildman–Crippen LogP) is 3.86. The van der Waals surface area contributed by atoms with E-state index in [1.54, 1.807) is 0 Å². The zero-order valence-corrected chi connectivity index (χ0v) is 9.81. The highest BCUT2D eigenvalue weighted by atomic mass is 32.2. The van der Waals surface area contributed by atoms with Crippen molar-refractivity contribution in [2.24, 2.45) is 0 Å². The van der Waals surface area contributed by atoms with Gasteiger partial charge in [0.25, 0.3) is 0 Å². The van der Waals surface area contributed by atoms with Crippen molar-refractivity contribution in [3.8, 4) is 0 Å². The number of hydrogen-bond donors (Lipinski definition) is 1. The van der Waals surface area contributed by atoms with Crippen molar-refractivity contribution in [3.63, 3.8) is 0 Å². The third-order valence-corrected chi connectivity index (χ3v) is 3.57. The fourth-order valence-electron chi connectivity index (χ4n) is 1.27. The van der Waals surface area contributed by atoms with E-state index in [1.165, 1.54) is 24.2 Å². The highest BCUT2D eigenvalue weighted by molar-refractivity contribution is 7.99. The molecule has 1 rings (SSSR count). The Balaban J connectivity index is 2.43. The lowest BCUT2D eigenvalue weighted by Gasteiger charge is -2.11. The van der Waals surface area contributed by atoms with E-state index >= 15 is 0 Å². The van der Waals surface area contributed by atoms with Gasteiger partial charge in [-0.1, -0.05) is 25.5 Å². The average Bonchev–Trinajstić information content (AvgIpc) is 2.19. The lowest BCUT2D eigenvalue weighted by molar-refractivity contribution is 0.892. The van der Waals surface area contributed by atoms with E-state index in [2.05, 4.69) is 26.0 Å². The first kappa shape index (κ1) is 11.4. The Labute approximate surface area is 91.1 Å². The minimum atomic E-state index is 0.585. The molecule has 1 unspecified atom stereocenters. The molecule has 14 heavy (non-hydrogen) atoms. The fraction of sp³-hybridized carbons (Fsp3) is 0.500. The SMILES string of the molecule is CCCCSC(C)c1ccc(N)cc1. The van der Waals surface area contributed by atoms with E-state index in [-0.39, 0.29) is 0 Å². The predicted molar refractivity (Wildman–Crippen MR) is 66.6 cm³/mol. The zero-order valence-electron chi connectivity index (χ0n) is 8.99. The molecule has 78 valence electrons. The molecule has 0 aliphatic rings. The lowest BCUT2D eigenvalue weighted by Crippen LogP contribution is -1.91. The maximum absolute atomic E-state index is 5.64. The van der Waals surface area contributed by atoms with Crippen molar-refractivity contribution < 1.29 is 0 Å². The van der Waals surface area contributed by atoms with Crippen LogP contribution < -0.4 is 5.73 Å². The number of rotatable bonds is 5. The number of thioether (sulfide) groups is 1. The van der Waals surface area contributed by atoms with E-state index in [1.807, 2.05) is 23.9 Å². The van der Waals surface area contributed by atoms with Crippen LogP contribution in [-0.2, 0) is 0 Å². The van der Waals surface area contributed by atoms with Crippen LogP contribution in [0.2, 0.25) is 0 Å². The molecule has 0 aromatic heterocycles. The van der Waals surface area contributed by atoms with Gasteiger partial charge < -0.3 is 5.73 Å². The number of nitrogens with two attached hydrogens (primary N) is 1. The molecular weight excluding hydrogens is 190 g/mol. The second kappa shape index (κ2) is 5.97. The van der Waals surface area contributed by atoms with E-state index in [4.69, 9.17) is 5.73 Å². The molecule has 0 heterocycles. The zero-order chi connectivity index (χ0) is 10.4. The van der Waals surface area contributed by atoms with Gasteiger partial charge in [-0.2, -0.15) is 11.8 Å². The molecule has 0 spiro atoms. The van der Waals surface area contributed by atoms with Crippen LogP contribution in [0.4, 0.5) is 5.69 Å². The maximum Gasteiger partial charge on any atom is 0.0314 e. The molecule has 1 aromatic carbocycles. The number of anilines is 1. The third kappa shape index (κ3) is 3.62. The fourth-order valence-corrected chi connectivity index (χ4v) is 2.43. The standard InChI is InChI=1S/C12H19NS/c1-3-4-9-14-10(2)11-5-7-12(13)8-6-11/h5-8,10H,3-4,9,13H2,1-2H3.